The number of hydrogen-bond acceptors (Lipinski definition) is 3. The van der Waals surface area contributed by atoms with E-state index >= 15 is 0 Å². The van der Waals surface area contributed by atoms with Gasteiger partial charge >= 0.3 is 0 Å². The lowest BCUT2D eigenvalue weighted by Crippen LogP contribution is -2.51. The Bertz CT molecular complexity index is 1110. The third-order valence-electron chi connectivity index (χ3n) is 5.78. The van der Waals surface area contributed by atoms with E-state index in [1.807, 2.05) is 61.5 Å². The Balaban J connectivity index is 1.63. The van der Waals surface area contributed by atoms with Crippen molar-refractivity contribution in [2.24, 2.45) is 0 Å². The quantitative estimate of drug-likeness (QED) is 0.435. The summed E-state index contributed by atoms with van der Waals surface area (Å²) in [4.78, 5) is 17.1. The van der Waals surface area contributed by atoms with Gasteiger partial charge in [-0.3, -0.25) is 4.79 Å². The molecule has 1 N–H and O–H groups in total. The van der Waals surface area contributed by atoms with Crippen LogP contribution in [0.5, 0.6) is 0 Å². The van der Waals surface area contributed by atoms with Crippen molar-refractivity contribution in [2.75, 3.05) is 24.5 Å². The average molecular weight is 534 g/mol. The number of aliphatic hydroxyl groups excluding tert-OH is 1. The van der Waals surface area contributed by atoms with Gasteiger partial charge in [0.25, 0.3) is 5.91 Å². The Hall–Kier alpha value is -2.05. The van der Waals surface area contributed by atoms with E-state index < -0.39 is 6.10 Å². The summed E-state index contributed by atoms with van der Waals surface area (Å²) in [6.45, 7) is 3.51. The van der Waals surface area contributed by atoms with E-state index in [1.54, 1.807) is 17.0 Å². The molecule has 0 aliphatic carbocycles. The monoisotopic (exact) mass is 532 g/mol. The molecule has 3 aromatic carbocycles. The van der Waals surface area contributed by atoms with Gasteiger partial charge in [-0.05, 0) is 60.0 Å². The molecule has 1 saturated heterocycles. The first kappa shape index (κ1) is 23.1. The average Bonchev–Trinajstić information content (AvgIpc) is 2.79. The molecule has 0 radical (unpaired) electrons. The van der Waals surface area contributed by atoms with Gasteiger partial charge in [0.2, 0.25) is 0 Å². The Labute approximate surface area is 206 Å². The topological polar surface area (TPSA) is 43.8 Å². The second-order valence-electron chi connectivity index (χ2n) is 7.95. The first-order valence-electron chi connectivity index (χ1n) is 10.3. The van der Waals surface area contributed by atoms with E-state index in [1.165, 1.54) is 0 Å². The van der Waals surface area contributed by atoms with Crippen LogP contribution in [0.25, 0.3) is 0 Å². The molecule has 0 spiro atoms. The van der Waals surface area contributed by atoms with Gasteiger partial charge in [-0.15, -0.1) is 0 Å². The molecule has 2 atom stereocenters. The van der Waals surface area contributed by atoms with Crippen LogP contribution in [0.15, 0.2) is 71.2 Å². The molecule has 1 aliphatic heterocycles. The Morgan fingerprint density at radius 3 is 2.38 bits per heavy atom. The lowest BCUT2D eigenvalue weighted by molar-refractivity contribution is -0.141. The molecule has 1 unspecified atom stereocenters. The van der Waals surface area contributed by atoms with Crippen molar-refractivity contribution >= 4 is 50.7 Å². The maximum Gasteiger partial charge on any atom is 0.256 e. The highest BCUT2D eigenvalue weighted by molar-refractivity contribution is 9.10. The molecule has 32 heavy (non-hydrogen) atoms. The number of carbonyl (C=O) groups is 1. The minimum absolute atomic E-state index is 0.123. The summed E-state index contributed by atoms with van der Waals surface area (Å²) in [6.07, 6.45) is -1.21. The van der Waals surface area contributed by atoms with E-state index in [-0.39, 0.29) is 11.9 Å². The number of carbonyl (C=O) groups excluding carboxylic acids is 1. The fourth-order valence-corrected chi connectivity index (χ4v) is 4.78. The van der Waals surface area contributed by atoms with Gasteiger partial charge in [0.1, 0.15) is 0 Å². The molecule has 1 fully saturated rings. The zero-order chi connectivity index (χ0) is 22.8. The van der Waals surface area contributed by atoms with Crippen molar-refractivity contribution in [3.63, 3.8) is 0 Å². The van der Waals surface area contributed by atoms with Crippen LogP contribution >= 0.6 is 39.1 Å². The number of piperazine rings is 1. The number of nitrogens with zero attached hydrogens (tertiary/aromatic N) is 2. The Kier molecular flexibility index (Phi) is 7.11. The predicted octanol–water partition coefficient (Wildman–Crippen LogP) is 6.19. The first-order valence-corrected chi connectivity index (χ1v) is 11.9. The second kappa shape index (κ2) is 9.84. The molecule has 0 aromatic heterocycles. The summed E-state index contributed by atoms with van der Waals surface area (Å²) < 4.78 is 0.896. The number of rotatable bonds is 4. The van der Waals surface area contributed by atoms with Crippen molar-refractivity contribution in [3.8, 4) is 0 Å². The van der Waals surface area contributed by atoms with Gasteiger partial charge in [-0.25, -0.2) is 0 Å². The van der Waals surface area contributed by atoms with E-state index in [4.69, 9.17) is 23.2 Å². The standard InChI is InChI=1S/C25H23BrCl2N2O2/c1-16-2-11-22(21(28)14-16)30-13-12-29(15-23(30)17-5-9-20(27)10-6-17)25(32)24(31)18-3-7-19(26)8-4-18/h2-11,14,23-24,31H,12-13,15H2,1H3/t23-,24?/m0/s1. The number of aryl methyl sites for hydroxylation is 1. The summed E-state index contributed by atoms with van der Waals surface area (Å²) >= 11 is 16.1. The Morgan fingerprint density at radius 1 is 1.03 bits per heavy atom. The highest BCUT2D eigenvalue weighted by Crippen LogP contribution is 2.36. The molecular weight excluding hydrogens is 511 g/mol. The van der Waals surface area contributed by atoms with Crippen LogP contribution in [0.2, 0.25) is 10.0 Å². The summed E-state index contributed by atoms with van der Waals surface area (Å²) in [7, 11) is 0. The van der Waals surface area contributed by atoms with Gasteiger partial charge in [-0.2, -0.15) is 0 Å². The second-order valence-corrected chi connectivity index (χ2v) is 9.71. The fraction of sp³-hybridized carbons (Fsp3) is 0.240. The van der Waals surface area contributed by atoms with Gasteiger partial charge < -0.3 is 14.9 Å². The van der Waals surface area contributed by atoms with Crippen molar-refractivity contribution in [1.29, 1.82) is 0 Å². The zero-order valence-corrected chi connectivity index (χ0v) is 20.6. The van der Waals surface area contributed by atoms with Crippen molar-refractivity contribution in [2.45, 2.75) is 19.1 Å². The maximum absolute atomic E-state index is 13.2. The lowest BCUT2D eigenvalue weighted by Gasteiger charge is -2.44. The van der Waals surface area contributed by atoms with Gasteiger partial charge in [0, 0.05) is 29.1 Å². The summed E-state index contributed by atoms with van der Waals surface area (Å²) in [5.74, 6) is -0.305. The van der Waals surface area contributed by atoms with E-state index in [0.29, 0.717) is 35.2 Å². The van der Waals surface area contributed by atoms with Crippen LogP contribution in [0.1, 0.15) is 28.8 Å². The molecule has 1 heterocycles. The summed E-state index contributed by atoms with van der Waals surface area (Å²) in [6, 6.07) is 20.7. The smallest absolute Gasteiger partial charge is 0.256 e. The Morgan fingerprint density at radius 2 is 1.72 bits per heavy atom. The molecule has 166 valence electrons. The van der Waals surface area contributed by atoms with Crippen LogP contribution in [0.3, 0.4) is 0 Å². The fourth-order valence-electron chi connectivity index (χ4n) is 4.05. The van der Waals surface area contributed by atoms with Gasteiger partial charge in [-0.1, -0.05) is 69.5 Å². The minimum atomic E-state index is -1.21. The third kappa shape index (κ3) is 4.96. The third-order valence-corrected chi connectivity index (χ3v) is 6.86. The molecule has 0 saturated carbocycles. The number of aliphatic hydroxyl groups is 1. The van der Waals surface area contributed by atoms with E-state index in [2.05, 4.69) is 20.8 Å². The van der Waals surface area contributed by atoms with Crippen LogP contribution in [-0.4, -0.2) is 35.5 Å². The summed E-state index contributed by atoms with van der Waals surface area (Å²) in [5, 5.41) is 12.1. The van der Waals surface area contributed by atoms with Crippen LogP contribution < -0.4 is 4.90 Å². The molecule has 0 bridgehead atoms. The number of anilines is 1. The number of benzene rings is 3. The highest BCUT2D eigenvalue weighted by Gasteiger charge is 2.34. The number of amides is 1. The highest BCUT2D eigenvalue weighted by atomic mass is 79.9. The number of hydrogen-bond donors (Lipinski definition) is 1. The van der Waals surface area contributed by atoms with Gasteiger partial charge in [0.15, 0.2) is 6.10 Å². The van der Waals surface area contributed by atoms with Crippen LogP contribution in [0, 0.1) is 6.92 Å². The van der Waals surface area contributed by atoms with Crippen LogP contribution in [0.4, 0.5) is 5.69 Å². The van der Waals surface area contributed by atoms with Crippen molar-refractivity contribution < 1.29 is 9.90 Å². The largest absolute Gasteiger partial charge is 0.378 e. The molecular formula is C25H23BrCl2N2O2. The zero-order valence-electron chi connectivity index (χ0n) is 17.5. The lowest BCUT2D eigenvalue weighted by atomic mass is 10.00. The maximum atomic E-state index is 13.2. The molecule has 4 rings (SSSR count). The first-order chi connectivity index (χ1) is 15.3. The molecule has 4 nitrogen and oxygen atoms in total. The van der Waals surface area contributed by atoms with Crippen molar-refractivity contribution in [3.05, 3.63) is 97.9 Å². The molecule has 3 aromatic rings. The summed E-state index contributed by atoms with van der Waals surface area (Å²) in [5.41, 5.74) is 3.62. The van der Waals surface area contributed by atoms with Gasteiger partial charge in [0.05, 0.1) is 16.8 Å². The van der Waals surface area contributed by atoms with Crippen molar-refractivity contribution in [1.82, 2.24) is 4.90 Å². The molecule has 1 aliphatic rings. The molecule has 7 heteroatoms. The predicted molar refractivity (Wildman–Crippen MR) is 133 cm³/mol. The van der Waals surface area contributed by atoms with E-state index in [0.717, 1.165) is 21.3 Å². The molecule has 1 amide bonds. The minimum Gasteiger partial charge on any atom is -0.378 e. The number of halogens is 3. The SMILES string of the molecule is Cc1ccc(N2CCN(C(=O)C(O)c3ccc(Br)cc3)C[C@H]2c2ccc(Cl)cc2)c(Cl)c1. The van der Waals surface area contributed by atoms with E-state index in [9.17, 15) is 9.90 Å². The van der Waals surface area contributed by atoms with Crippen LogP contribution in [-0.2, 0) is 4.79 Å². The normalized spacial score (nSPS) is 17.3.